The second-order valence-electron chi connectivity index (χ2n) is 6.44. The molecule has 0 saturated carbocycles. The Bertz CT molecular complexity index is 908. The third-order valence-corrected chi connectivity index (χ3v) is 4.78. The van der Waals surface area contributed by atoms with Crippen LogP contribution in [0, 0.1) is 13.8 Å². The summed E-state index contributed by atoms with van der Waals surface area (Å²) in [5.41, 5.74) is 5.78. The quantitative estimate of drug-likeness (QED) is 0.674. The molecule has 0 fully saturated rings. The smallest absolute Gasteiger partial charge is 0.272 e. The Kier molecular flexibility index (Phi) is 5.21. The lowest BCUT2D eigenvalue weighted by Crippen LogP contribution is -2.32. The van der Waals surface area contributed by atoms with Crippen LogP contribution < -0.4 is 0 Å². The summed E-state index contributed by atoms with van der Waals surface area (Å²) < 4.78 is 1.76. The molecule has 4 heteroatoms. The summed E-state index contributed by atoms with van der Waals surface area (Å²) in [6, 6.07) is 18.0. The predicted octanol–water partition coefficient (Wildman–Crippen LogP) is 4.64. The SMILES string of the molecule is CCN(CC)C(=O)c1cc(-c2ccc(C)c(C)c2)nn1-c1ccccc1. The molecule has 1 heterocycles. The average Bonchev–Trinajstić information content (AvgIpc) is 3.11. The minimum Gasteiger partial charge on any atom is -0.338 e. The second-order valence-corrected chi connectivity index (χ2v) is 6.44. The molecule has 26 heavy (non-hydrogen) atoms. The fourth-order valence-corrected chi connectivity index (χ4v) is 3.01. The van der Waals surface area contributed by atoms with Crippen LogP contribution in [0.3, 0.4) is 0 Å². The minimum absolute atomic E-state index is 0.00133. The van der Waals surface area contributed by atoms with Gasteiger partial charge in [-0.25, -0.2) is 4.68 Å². The van der Waals surface area contributed by atoms with Gasteiger partial charge >= 0.3 is 0 Å². The van der Waals surface area contributed by atoms with Crippen LogP contribution in [0.5, 0.6) is 0 Å². The Morgan fingerprint density at radius 3 is 2.27 bits per heavy atom. The van der Waals surface area contributed by atoms with Crippen molar-refractivity contribution in [2.75, 3.05) is 13.1 Å². The number of aryl methyl sites for hydroxylation is 2. The molecule has 4 nitrogen and oxygen atoms in total. The third-order valence-electron chi connectivity index (χ3n) is 4.78. The van der Waals surface area contributed by atoms with Gasteiger partial charge in [-0.2, -0.15) is 5.10 Å². The molecule has 1 aromatic heterocycles. The van der Waals surface area contributed by atoms with Crippen LogP contribution in [0.4, 0.5) is 0 Å². The van der Waals surface area contributed by atoms with Gasteiger partial charge in [-0.15, -0.1) is 0 Å². The van der Waals surface area contributed by atoms with Gasteiger partial charge in [0.1, 0.15) is 5.69 Å². The van der Waals surface area contributed by atoms with Gasteiger partial charge in [0.25, 0.3) is 5.91 Å². The highest BCUT2D eigenvalue weighted by Gasteiger charge is 2.21. The lowest BCUT2D eigenvalue weighted by molar-refractivity contribution is 0.0764. The molecule has 1 amide bonds. The second kappa shape index (κ2) is 7.56. The van der Waals surface area contributed by atoms with E-state index in [9.17, 15) is 4.79 Å². The van der Waals surface area contributed by atoms with E-state index in [1.54, 1.807) is 4.68 Å². The molecule has 0 aliphatic rings. The van der Waals surface area contributed by atoms with Gasteiger partial charge < -0.3 is 4.90 Å². The number of hydrogen-bond donors (Lipinski definition) is 0. The van der Waals surface area contributed by atoms with Gasteiger partial charge in [0.05, 0.1) is 11.4 Å². The Labute approximate surface area is 155 Å². The van der Waals surface area contributed by atoms with Crippen LogP contribution in [-0.2, 0) is 0 Å². The van der Waals surface area contributed by atoms with Crippen LogP contribution in [-0.4, -0.2) is 33.7 Å². The maximum atomic E-state index is 13.0. The van der Waals surface area contributed by atoms with Gasteiger partial charge in [-0.3, -0.25) is 4.79 Å². The molecule has 0 atom stereocenters. The fraction of sp³-hybridized carbons (Fsp3) is 0.273. The van der Waals surface area contributed by atoms with E-state index in [2.05, 4.69) is 32.0 Å². The van der Waals surface area contributed by atoms with E-state index >= 15 is 0 Å². The van der Waals surface area contributed by atoms with E-state index in [-0.39, 0.29) is 5.91 Å². The molecular weight excluding hydrogens is 322 g/mol. The van der Waals surface area contributed by atoms with Crippen molar-refractivity contribution in [3.63, 3.8) is 0 Å². The van der Waals surface area contributed by atoms with Crippen molar-refractivity contribution in [2.45, 2.75) is 27.7 Å². The van der Waals surface area contributed by atoms with Crippen LogP contribution in [0.25, 0.3) is 16.9 Å². The van der Waals surface area contributed by atoms with Crippen molar-refractivity contribution in [3.05, 3.63) is 71.4 Å². The molecule has 0 saturated heterocycles. The average molecular weight is 347 g/mol. The number of rotatable bonds is 5. The predicted molar refractivity (Wildman–Crippen MR) is 106 cm³/mol. The molecule has 0 bridgehead atoms. The molecule has 134 valence electrons. The van der Waals surface area contributed by atoms with E-state index in [1.165, 1.54) is 11.1 Å². The summed E-state index contributed by atoms with van der Waals surface area (Å²) in [5, 5.41) is 4.76. The van der Waals surface area contributed by atoms with Gasteiger partial charge in [0, 0.05) is 18.7 Å². The van der Waals surface area contributed by atoms with Crippen molar-refractivity contribution < 1.29 is 4.79 Å². The first-order valence-corrected chi connectivity index (χ1v) is 9.07. The summed E-state index contributed by atoms with van der Waals surface area (Å²) >= 11 is 0. The van der Waals surface area contributed by atoms with Gasteiger partial charge in [-0.1, -0.05) is 30.3 Å². The zero-order valence-corrected chi connectivity index (χ0v) is 15.9. The standard InChI is InChI=1S/C22H25N3O/c1-5-24(6-2)22(26)21-15-20(18-13-12-16(3)17(4)14-18)23-25(21)19-10-8-7-9-11-19/h7-15H,5-6H2,1-4H3. The molecule has 2 aromatic carbocycles. The van der Waals surface area contributed by atoms with Crippen molar-refractivity contribution in [1.82, 2.24) is 14.7 Å². The first kappa shape index (κ1) is 17.9. The number of aromatic nitrogens is 2. The van der Waals surface area contributed by atoms with Gasteiger partial charge in [0.2, 0.25) is 0 Å². The summed E-state index contributed by atoms with van der Waals surface area (Å²) in [5.74, 6) is 0.00133. The van der Waals surface area contributed by atoms with E-state index in [0.29, 0.717) is 18.8 Å². The molecule has 0 unspecified atom stereocenters. The summed E-state index contributed by atoms with van der Waals surface area (Å²) in [4.78, 5) is 14.9. The molecular formula is C22H25N3O. The number of benzene rings is 2. The van der Waals surface area contributed by atoms with Crippen molar-refractivity contribution in [2.24, 2.45) is 0 Å². The first-order chi connectivity index (χ1) is 12.5. The topological polar surface area (TPSA) is 38.1 Å². The molecule has 0 spiro atoms. The number of hydrogen-bond acceptors (Lipinski definition) is 2. The molecule has 0 radical (unpaired) electrons. The maximum absolute atomic E-state index is 13.0. The minimum atomic E-state index is 0.00133. The first-order valence-electron chi connectivity index (χ1n) is 9.07. The monoisotopic (exact) mass is 347 g/mol. The van der Waals surface area contributed by atoms with Crippen LogP contribution in [0.1, 0.15) is 35.5 Å². The fourth-order valence-electron chi connectivity index (χ4n) is 3.01. The van der Waals surface area contributed by atoms with E-state index in [1.807, 2.05) is 55.1 Å². The molecule has 3 rings (SSSR count). The van der Waals surface area contributed by atoms with E-state index in [4.69, 9.17) is 5.10 Å². The highest BCUT2D eigenvalue weighted by Crippen LogP contribution is 2.24. The summed E-state index contributed by atoms with van der Waals surface area (Å²) in [6.45, 7) is 9.53. The normalized spacial score (nSPS) is 10.8. The Morgan fingerprint density at radius 1 is 0.962 bits per heavy atom. The highest BCUT2D eigenvalue weighted by atomic mass is 16.2. The lowest BCUT2D eigenvalue weighted by atomic mass is 10.0. The summed E-state index contributed by atoms with van der Waals surface area (Å²) in [7, 11) is 0. The van der Waals surface area contributed by atoms with Crippen molar-refractivity contribution >= 4 is 5.91 Å². The largest absolute Gasteiger partial charge is 0.338 e. The van der Waals surface area contributed by atoms with Crippen LogP contribution in [0.2, 0.25) is 0 Å². The molecule has 0 aliphatic heterocycles. The number of para-hydroxylation sites is 1. The number of carbonyl (C=O) groups is 1. The molecule has 3 aromatic rings. The van der Waals surface area contributed by atoms with Crippen molar-refractivity contribution in [3.8, 4) is 16.9 Å². The lowest BCUT2D eigenvalue weighted by Gasteiger charge is -2.19. The molecule has 0 N–H and O–H groups in total. The highest BCUT2D eigenvalue weighted by molar-refractivity contribution is 5.94. The summed E-state index contributed by atoms with van der Waals surface area (Å²) in [6.07, 6.45) is 0. The molecule has 0 aliphatic carbocycles. The Balaban J connectivity index is 2.14. The third kappa shape index (κ3) is 3.40. The van der Waals surface area contributed by atoms with Gasteiger partial charge in [0.15, 0.2) is 0 Å². The Hall–Kier alpha value is -2.88. The van der Waals surface area contributed by atoms with Crippen molar-refractivity contribution in [1.29, 1.82) is 0 Å². The van der Waals surface area contributed by atoms with Crippen LogP contribution in [0.15, 0.2) is 54.6 Å². The Morgan fingerprint density at radius 2 is 1.65 bits per heavy atom. The zero-order chi connectivity index (χ0) is 18.7. The van der Waals surface area contributed by atoms with E-state index < -0.39 is 0 Å². The van der Waals surface area contributed by atoms with E-state index in [0.717, 1.165) is 16.9 Å². The number of nitrogens with zero attached hydrogens (tertiary/aromatic N) is 3. The van der Waals surface area contributed by atoms with Gasteiger partial charge in [-0.05, 0) is 63.1 Å². The van der Waals surface area contributed by atoms with Crippen LogP contribution >= 0.6 is 0 Å². The number of carbonyl (C=O) groups excluding carboxylic acids is 1. The zero-order valence-electron chi connectivity index (χ0n) is 15.9. The number of amides is 1. The maximum Gasteiger partial charge on any atom is 0.272 e.